The number of hydrogen-bond acceptors (Lipinski definition) is 2. The molecule has 3 atom stereocenters. The molecule has 0 radical (unpaired) electrons. The number of benzene rings is 1. The van der Waals surface area contributed by atoms with Gasteiger partial charge < -0.3 is 4.90 Å². The first-order valence-electron chi connectivity index (χ1n) is 9.88. The van der Waals surface area contributed by atoms with E-state index in [2.05, 4.69) is 40.1 Å². The van der Waals surface area contributed by atoms with Crippen LogP contribution in [0.15, 0.2) is 30.3 Å². The van der Waals surface area contributed by atoms with Crippen LogP contribution in [-0.2, 0) is 4.79 Å². The quantitative estimate of drug-likeness (QED) is 0.846. The standard InChI is InChI=1S/C21H30N2O/c24-21(23-13-6-10-18-9-4-5-11-20(18)23)16-22-14-12-19(15-22)17-7-2-1-3-8-17/h1-3,7-8,18-20H,4-6,9-16H2/t18-,19+,20-/m1/s1. The Bertz CT molecular complexity index is 556. The van der Waals surface area contributed by atoms with E-state index in [1.165, 1.54) is 50.5 Å². The third kappa shape index (κ3) is 3.37. The van der Waals surface area contributed by atoms with Crippen LogP contribution in [0.25, 0.3) is 0 Å². The molecule has 0 N–H and O–H groups in total. The molecule has 3 aliphatic rings. The molecule has 1 aromatic rings. The normalized spacial score (nSPS) is 31.0. The molecule has 1 saturated carbocycles. The summed E-state index contributed by atoms with van der Waals surface area (Å²) in [4.78, 5) is 17.6. The van der Waals surface area contributed by atoms with Gasteiger partial charge in [0.1, 0.15) is 0 Å². The highest BCUT2D eigenvalue weighted by Crippen LogP contribution is 2.35. The molecule has 3 nitrogen and oxygen atoms in total. The minimum atomic E-state index is 0.389. The van der Waals surface area contributed by atoms with Crippen molar-refractivity contribution in [2.75, 3.05) is 26.2 Å². The zero-order valence-electron chi connectivity index (χ0n) is 14.7. The molecule has 0 spiro atoms. The van der Waals surface area contributed by atoms with Crippen molar-refractivity contribution in [1.29, 1.82) is 0 Å². The number of fused-ring (bicyclic) bond motifs is 1. The average molecular weight is 326 g/mol. The van der Waals surface area contributed by atoms with E-state index in [0.717, 1.165) is 25.6 Å². The topological polar surface area (TPSA) is 23.6 Å². The van der Waals surface area contributed by atoms with Crippen LogP contribution in [0, 0.1) is 5.92 Å². The number of piperidine rings is 1. The predicted octanol–water partition coefficient (Wildman–Crippen LogP) is 3.66. The third-order valence-electron chi connectivity index (χ3n) is 6.47. The van der Waals surface area contributed by atoms with Crippen LogP contribution >= 0.6 is 0 Å². The van der Waals surface area contributed by atoms with Crippen LogP contribution < -0.4 is 0 Å². The molecule has 0 aromatic heterocycles. The number of amides is 1. The summed E-state index contributed by atoms with van der Waals surface area (Å²) in [5, 5.41) is 0. The molecule has 130 valence electrons. The van der Waals surface area contributed by atoms with Gasteiger partial charge in [0.2, 0.25) is 5.91 Å². The van der Waals surface area contributed by atoms with Crippen molar-refractivity contribution in [1.82, 2.24) is 9.80 Å². The fourth-order valence-corrected chi connectivity index (χ4v) is 5.19. The second kappa shape index (κ2) is 7.26. The van der Waals surface area contributed by atoms with E-state index in [1.54, 1.807) is 0 Å². The first-order chi connectivity index (χ1) is 11.8. The molecule has 1 amide bonds. The summed E-state index contributed by atoms with van der Waals surface area (Å²) in [6.45, 7) is 3.73. The second-order valence-electron chi connectivity index (χ2n) is 7.97. The lowest BCUT2D eigenvalue weighted by molar-refractivity contribution is -0.138. The molecule has 3 fully saturated rings. The summed E-state index contributed by atoms with van der Waals surface area (Å²) in [7, 11) is 0. The van der Waals surface area contributed by atoms with Crippen LogP contribution in [0.3, 0.4) is 0 Å². The zero-order valence-corrected chi connectivity index (χ0v) is 14.7. The van der Waals surface area contributed by atoms with E-state index in [0.29, 0.717) is 24.4 Å². The van der Waals surface area contributed by atoms with Gasteiger partial charge in [0.25, 0.3) is 0 Å². The highest BCUT2D eigenvalue weighted by atomic mass is 16.2. The number of nitrogens with zero attached hydrogens (tertiary/aromatic N) is 2. The summed E-state index contributed by atoms with van der Waals surface area (Å²) in [6, 6.07) is 11.3. The number of carbonyl (C=O) groups is 1. The van der Waals surface area contributed by atoms with E-state index in [9.17, 15) is 4.79 Å². The molecule has 1 aliphatic carbocycles. The van der Waals surface area contributed by atoms with Gasteiger partial charge in [0, 0.05) is 19.1 Å². The van der Waals surface area contributed by atoms with Crippen molar-refractivity contribution in [3.8, 4) is 0 Å². The lowest BCUT2D eigenvalue weighted by Gasteiger charge is -2.44. The fraction of sp³-hybridized carbons (Fsp3) is 0.667. The summed E-state index contributed by atoms with van der Waals surface area (Å²) >= 11 is 0. The Morgan fingerprint density at radius 2 is 1.75 bits per heavy atom. The number of hydrogen-bond donors (Lipinski definition) is 0. The zero-order chi connectivity index (χ0) is 16.4. The Balaban J connectivity index is 1.34. The molecule has 2 saturated heterocycles. The van der Waals surface area contributed by atoms with E-state index in [1.807, 2.05) is 0 Å². The van der Waals surface area contributed by atoms with Crippen LogP contribution in [0.2, 0.25) is 0 Å². The van der Waals surface area contributed by atoms with E-state index < -0.39 is 0 Å². The van der Waals surface area contributed by atoms with Gasteiger partial charge in [0.05, 0.1) is 6.54 Å². The van der Waals surface area contributed by atoms with Gasteiger partial charge in [-0.1, -0.05) is 43.2 Å². The SMILES string of the molecule is O=C(CN1CC[C@H](c2ccccc2)C1)N1CCC[C@H]2CCCC[C@H]21. The van der Waals surface area contributed by atoms with E-state index >= 15 is 0 Å². The summed E-state index contributed by atoms with van der Waals surface area (Å²) in [5.74, 6) is 1.77. The number of rotatable bonds is 3. The summed E-state index contributed by atoms with van der Waals surface area (Å²) in [5.41, 5.74) is 1.43. The van der Waals surface area contributed by atoms with Gasteiger partial charge in [-0.2, -0.15) is 0 Å². The lowest BCUT2D eigenvalue weighted by Crippen LogP contribution is -2.52. The van der Waals surface area contributed by atoms with Gasteiger partial charge in [-0.15, -0.1) is 0 Å². The van der Waals surface area contributed by atoms with E-state index in [4.69, 9.17) is 0 Å². The summed E-state index contributed by atoms with van der Waals surface area (Å²) in [6.07, 6.45) is 8.99. The molecule has 2 heterocycles. The Morgan fingerprint density at radius 1 is 0.958 bits per heavy atom. The molecular weight excluding hydrogens is 296 g/mol. The number of likely N-dealkylation sites (tertiary alicyclic amines) is 2. The van der Waals surface area contributed by atoms with Gasteiger partial charge in [0.15, 0.2) is 0 Å². The molecule has 24 heavy (non-hydrogen) atoms. The third-order valence-corrected chi connectivity index (χ3v) is 6.47. The van der Waals surface area contributed by atoms with Crippen molar-refractivity contribution in [3.05, 3.63) is 35.9 Å². The molecule has 1 aromatic carbocycles. The average Bonchev–Trinajstić information content (AvgIpc) is 3.10. The lowest BCUT2D eigenvalue weighted by atomic mass is 9.78. The predicted molar refractivity (Wildman–Crippen MR) is 96.9 cm³/mol. The maximum absolute atomic E-state index is 12.9. The maximum atomic E-state index is 12.9. The Kier molecular flexibility index (Phi) is 4.88. The van der Waals surface area contributed by atoms with E-state index in [-0.39, 0.29) is 0 Å². The van der Waals surface area contributed by atoms with Crippen LogP contribution in [0.5, 0.6) is 0 Å². The minimum Gasteiger partial charge on any atom is -0.338 e. The second-order valence-corrected chi connectivity index (χ2v) is 7.97. The van der Waals surface area contributed by atoms with Gasteiger partial charge >= 0.3 is 0 Å². The van der Waals surface area contributed by atoms with Crippen molar-refractivity contribution in [3.63, 3.8) is 0 Å². The monoisotopic (exact) mass is 326 g/mol. The van der Waals surface area contributed by atoms with Crippen molar-refractivity contribution >= 4 is 5.91 Å². The first kappa shape index (κ1) is 16.1. The summed E-state index contributed by atoms with van der Waals surface area (Å²) < 4.78 is 0. The molecule has 3 heteroatoms. The fourth-order valence-electron chi connectivity index (χ4n) is 5.19. The molecule has 4 rings (SSSR count). The van der Waals surface area contributed by atoms with Gasteiger partial charge in [-0.05, 0) is 56.0 Å². The smallest absolute Gasteiger partial charge is 0.237 e. The first-order valence-corrected chi connectivity index (χ1v) is 9.88. The van der Waals surface area contributed by atoms with Crippen LogP contribution in [0.4, 0.5) is 0 Å². The highest BCUT2D eigenvalue weighted by Gasteiger charge is 2.36. The highest BCUT2D eigenvalue weighted by molar-refractivity contribution is 5.78. The molecular formula is C21H30N2O. The van der Waals surface area contributed by atoms with Crippen molar-refractivity contribution in [2.24, 2.45) is 5.92 Å². The van der Waals surface area contributed by atoms with Crippen molar-refractivity contribution < 1.29 is 4.79 Å². The Morgan fingerprint density at radius 3 is 2.62 bits per heavy atom. The molecule has 0 bridgehead atoms. The van der Waals surface area contributed by atoms with Crippen LogP contribution in [-0.4, -0.2) is 47.9 Å². The van der Waals surface area contributed by atoms with Crippen molar-refractivity contribution in [2.45, 2.75) is 56.9 Å². The van der Waals surface area contributed by atoms with Gasteiger partial charge in [-0.25, -0.2) is 0 Å². The molecule has 2 aliphatic heterocycles. The maximum Gasteiger partial charge on any atom is 0.237 e. The Labute approximate surface area is 146 Å². The molecule has 0 unspecified atom stereocenters. The Hall–Kier alpha value is -1.35. The van der Waals surface area contributed by atoms with Crippen LogP contribution in [0.1, 0.15) is 56.4 Å². The largest absolute Gasteiger partial charge is 0.338 e. The van der Waals surface area contributed by atoms with Gasteiger partial charge in [-0.3, -0.25) is 9.69 Å². The minimum absolute atomic E-state index is 0.389. The number of carbonyl (C=O) groups excluding carboxylic acids is 1.